The van der Waals surface area contributed by atoms with Crippen molar-refractivity contribution < 1.29 is 4.79 Å². The van der Waals surface area contributed by atoms with E-state index in [-0.39, 0.29) is 0 Å². The first-order valence-corrected chi connectivity index (χ1v) is 8.02. The normalized spacial score (nSPS) is 20.7. The summed E-state index contributed by atoms with van der Waals surface area (Å²) in [4.78, 5) is 14.6. The third-order valence-corrected chi connectivity index (χ3v) is 4.91. The summed E-state index contributed by atoms with van der Waals surface area (Å²) >= 11 is 1.71. The van der Waals surface area contributed by atoms with E-state index in [4.69, 9.17) is 0 Å². The van der Waals surface area contributed by atoms with Gasteiger partial charge in [-0.05, 0) is 67.3 Å². The van der Waals surface area contributed by atoms with Gasteiger partial charge in [-0.1, -0.05) is 0 Å². The average molecular weight is 263 g/mol. The third-order valence-electron chi connectivity index (χ3n) is 4.18. The Kier molecular flexibility index (Phi) is 3.42. The predicted octanol–water partition coefficient (Wildman–Crippen LogP) is 3.47. The maximum Gasteiger partial charge on any atom is 0.223 e. The Morgan fingerprint density at radius 2 is 2.22 bits per heavy atom. The van der Waals surface area contributed by atoms with E-state index in [0.717, 1.165) is 12.3 Å². The fraction of sp³-hybridized carbons (Fsp3) is 0.667. The van der Waals surface area contributed by atoms with Gasteiger partial charge in [0.05, 0.1) is 0 Å². The van der Waals surface area contributed by atoms with Crippen LogP contribution in [0.4, 0.5) is 0 Å². The van der Waals surface area contributed by atoms with Crippen molar-refractivity contribution in [1.82, 2.24) is 4.90 Å². The first kappa shape index (κ1) is 12.2. The van der Waals surface area contributed by atoms with Crippen LogP contribution in [-0.2, 0) is 11.2 Å². The van der Waals surface area contributed by atoms with Gasteiger partial charge >= 0.3 is 0 Å². The van der Waals surface area contributed by atoms with Crippen molar-refractivity contribution in [2.75, 3.05) is 0 Å². The Bertz CT molecular complexity index is 406. The second-order valence-electron chi connectivity index (χ2n) is 5.74. The average Bonchev–Trinajstić information content (AvgIpc) is 3.27. The van der Waals surface area contributed by atoms with E-state index in [1.807, 2.05) is 0 Å². The summed E-state index contributed by atoms with van der Waals surface area (Å²) in [6.45, 7) is 2.25. The van der Waals surface area contributed by atoms with Crippen LogP contribution in [-0.4, -0.2) is 22.9 Å². The van der Waals surface area contributed by atoms with Gasteiger partial charge in [0.15, 0.2) is 0 Å². The Morgan fingerprint density at radius 1 is 1.44 bits per heavy atom. The molecule has 1 atom stereocenters. The highest BCUT2D eigenvalue weighted by Gasteiger charge is 2.41. The molecule has 1 aromatic heterocycles. The molecule has 2 aliphatic rings. The van der Waals surface area contributed by atoms with Gasteiger partial charge in [0.2, 0.25) is 5.91 Å². The molecule has 0 aromatic carbocycles. The van der Waals surface area contributed by atoms with Crippen molar-refractivity contribution in [1.29, 1.82) is 0 Å². The van der Waals surface area contributed by atoms with E-state index in [0.29, 0.717) is 24.4 Å². The van der Waals surface area contributed by atoms with E-state index in [1.54, 1.807) is 11.3 Å². The fourth-order valence-electron chi connectivity index (χ4n) is 2.74. The van der Waals surface area contributed by atoms with Crippen LogP contribution in [0.1, 0.15) is 44.6 Å². The Hall–Kier alpha value is -0.830. The minimum atomic E-state index is 0.378. The van der Waals surface area contributed by atoms with Gasteiger partial charge in [0.25, 0.3) is 0 Å². The number of carbonyl (C=O) groups is 1. The first-order valence-electron chi connectivity index (χ1n) is 7.08. The van der Waals surface area contributed by atoms with Gasteiger partial charge in [0.1, 0.15) is 0 Å². The number of hydrogen-bond acceptors (Lipinski definition) is 2. The number of carbonyl (C=O) groups excluding carboxylic acids is 1. The molecule has 0 spiro atoms. The van der Waals surface area contributed by atoms with E-state index in [9.17, 15) is 4.79 Å². The molecule has 0 bridgehead atoms. The lowest BCUT2D eigenvalue weighted by Crippen LogP contribution is -2.41. The summed E-state index contributed by atoms with van der Waals surface area (Å²) in [6, 6.07) is 3.17. The lowest BCUT2D eigenvalue weighted by Gasteiger charge is -2.29. The number of amides is 1. The lowest BCUT2D eigenvalue weighted by molar-refractivity contribution is -0.134. The molecule has 3 heteroatoms. The molecular weight excluding hydrogens is 242 g/mol. The number of hydrogen-bond donors (Lipinski definition) is 0. The van der Waals surface area contributed by atoms with Crippen molar-refractivity contribution in [3.8, 4) is 0 Å². The van der Waals surface area contributed by atoms with Gasteiger partial charge in [0, 0.05) is 18.5 Å². The minimum Gasteiger partial charge on any atom is -0.337 e. The second-order valence-corrected chi connectivity index (χ2v) is 6.52. The zero-order chi connectivity index (χ0) is 12.5. The molecule has 3 rings (SSSR count). The molecule has 2 aliphatic carbocycles. The summed E-state index contributed by atoms with van der Waals surface area (Å²) in [5.74, 6) is 1.17. The quantitative estimate of drug-likeness (QED) is 0.769. The summed E-state index contributed by atoms with van der Waals surface area (Å²) < 4.78 is 0. The standard InChI is InChI=1S/C15H21NOS/c1-11(13-3-4-13)16(14-5-6-14)15(17)7-2-12-8-9-18-10-12/h8-11,13-14H,2-7H2,1H3. The molecule has 2 saturated carbocycles. The van der Waals surface area contributed by atoms with Crippen molar-refractivity contribution in [3.63, 3.8) is 0 Å². The SMILES string of the molecule is CC(C1CC1)N(C(=O)CCc1ccsc1)C1CC1. The molecule has 0 N–H and O–H groups in total. The van der Waals surface area contributed by atoms with Crippen LogP contribution >= 0.6 is 11.3 Å². The molecule has 2 fully saturated rings. The van der Waals surface area contributed by atoms with E-state index in [2.05, 4.69) is 28.7 Å². The smallest absolute Gasteiger partial charge is 0.223 e. The summed E-state index contributed by atoms with van der Waals surface area (Å²) in [5.41, 5.74) is 1.31. The lowest BCUT2D eigenvalue weighted by atomic mass is 10.1. The molecule has 1 unspecified atom stereocenters. The molecule has 0 radical (unpaired) electrons. The van der Waals surface area contributed by atoms with Crippen molar-refractivity contribution in [2.45, 2.75) is 57.5 Å². The van der Waals surface area contributed by atoms with Crippen molar-refractivity contribution in [2.24, 2.45) is 5.92 Å². The molecule has 2 nitrogen and oxygen atoms in total. The van der Waals surface area contributed by atoms with Crippen LogP contribution in [0.25, 0.3) is 0 Å². The summed E-state index contributed by atoms with van der Waals surface area (Å²) in [5, 5.41) is 4.24. The maximum atomic E-state index is 12.4. The highest BCUT2D eigenvalue weighted by atomic mass is 32.1. The van der Waals surface area contributed by atoms with Gasteiger partial charge in [-0.25, -0.2) is 0 Å². The molecule has 18 heavy (non-hydrogen) atoms. The number of aryl methyl sites for hydroxylation is 1. The summed E-state index contributed by atoms with van der Waals surface area (Å²) in [6.07, 6.45) is 6.68. The zero-order valence-corrected chi connectivity index (χ0v) is 11.8. The molecule has 0 saturated heterocycles. The highest BCUT2D eigenvalue weighted by molar-refractivity contribution is 7.07. The van der Waals surface area contributed by atoms with Crippen LogP contribution in [0.5, 0.6) is 0 Å². The fourth-order valence-corrected chi connectivity index (χ4v) is 3.44. The molecule has 1 amide bonds. The van der Waals surface area contributed by atoms with Crippen LogP contribution < -0.4 is 0 Å². The zero-order valence-electron chi connectivity index (χ0n) is 11.0. The van der Waals surface area contributed by atoms with Crippen LogP contribution in [0.2, 0.25) is 0 Å². The van der Waals surface area contributed by atoms with Gasteiger partial charge in [-0.2, -0.15) is 11.3 Å². The Morgan fingerprint density at radius 3 is 2.78 bits per heavy atom. The van der Waals surface area contributed by atoms with E-state index in [1.165, 1.54) is 31.2 Å². The van der Waals surface area contributed by atoms with E-state index < -0.39 is 0 Å². The third kappa shape index (κ3) is 2.77. The first-order chi connectivity index (χ1) is 8.75. The number of nitrogens with zero attached hydrogens (tertiary/aromatic N) is 1. The molecule has 1 heterocycles. The molecule has 98 valence electrons. The summed E-state index contributed by atoms with van der Waals surface area (Å²) in [7, 11) is 0. The Labute approximate surface area is 113 Å². The van der Waals surface area contributed by atoms with Crippen LogP contribution in [0.3, 0.4) is 0 Å². The molecule has 0 aliphatic heterocycles. The number of thiophene rings is 1. The van der Waals surface area contributed by atoms with Gasteiger partial charge in [-0.3, -0.25) is 4.79 Å². The van der Waals surface area contributed by atoms with E-state index >= 15 is 0 Å². The predicted molar refractivity (Wildman–Crippen MR) is 74.7 cm³/mol. The van der Waals surface area contributed by atoms with Gasteiger partial charge < -0.3 is 4.90 Å². The number of rotatable bonds is 6. The minimum absolute atomic E-state index is 0.378. The van der Waals surface area contributed by atoms with Crippen molar-refractivity contribution in [3.05, 3.63) is 22.4 Å². The topological polar surface area (TPSA) is 20.3 Å². The Balaban J connectivity index is 1.57. The molecule has 1 aromatic rings. The highest BCUT2D eigenvalue weighted by Crippen LogP contribution is 2.40. The van der Waals surface area contributed by atoms with Crippen LogP contribution in [0.15, 0.2) is 16.8 Å². The maximum absolute atomic E-state index is 12.4. The van der Waals surface area contributed by atoms with Crippen molar-refractivity contribution >= 4 is 17.2 Å². The van der Waals surface area contributed by atoms with Gasteiger partial charge in [-0.15, -0.1) is 0 Å². The second kappa shape index (κ2) is 5.04. The van der Waals surface area contributed by atoms with Crippen LogP contribution in [0, 0.1) is 5.92 Å². The molecular formula is C15H21NOS. The monoisotopic (exact) mass is 263 g/mol. The largest absolute Gasteiger partial charge is 0.337 e.